The monoisotopic (exact) mass is 603 g/mol. The zero-order valence-corrected chi connectivity index (χ0v) is 24.5. The molecule has 0 bridgehead atoms. The Morgan fingerprint density at radius 3 is 2.45 bits per heavy atom. The van der Waals surface area contributed by atoms with E-state index in [-0.39, 0.29) is 56.8 Å². The number of rotatable bonds is 13. The van der Waals surface area contributed by atoms with E-state index in [9.17, 15) is 23.4 Å². The van der Waals surface area contributed by atoms with Crippen LogP contribution in [0.3, 0.4) is 0 Å². The fourth-order valence-electron chi connectivity index (χ4n) is 5.20. The van der Waals surface area contributed by atoms with Crippen molar-refractivity contribution in [3.8, 4) is 17.6 Å². The molecule has 1 fully saturated rings. The smallest absolute Gasteiger partial charge is 0.408 e. The predicted molar refractivity (Wildman–Crippen MR) is 150 cm³/mol. The fourth-order valence-corrected chi connectivity index (χ4v) is 6.86. The van der Waals surface area contributed by atoms with Crippen molar-refractivity contribution in [3.63, 3.8) is 0 Å². The number of nitrogens with zero attached hydrogens (tertiary/aromatic N) is 3. The molecule has 0 saturated carbocycles. The quantitative estimate of drug-likeness (QED) is 0.348. The molecule has 13 heteroatoms. The van der Waals surface area contributed by atoms with Gasteiger partial charge in [0.25, 0.3) is 0 Å². The first-order valence-electron chi connectivity index (χ1n) is 13.7. The van der Waals surface area contributed by atoms with Gasteiger partial charge in [0.1, 0.15) is 6.79 Å². The van der Waals surface area contributed by atoms with E-state index in [2.05, 4.69) is 6.07 Å². The highest BCUT2D eigenvalue weighted by Crippen LogP contribution is 2.36. The molecule has 1 amide bonds. The lowest BCUT2D eigenvalue weighted by Gasteiger charge is -2.41. The number of amides is 1. The van der Waals surface area contributed by atoms with Crippen LogP contribution in [0.2, 0.25) is 0 Å². The summed E-state index contributed by atoms with van der Waals surface area (Å²) in [4.78, 5) is 13.7. The average molecular weight is 604 g/mol. The Balaban J connectivity index is 1.70. The second-order valence-electron chi connectivity index (χ2n) is 11.2. The standard InChI is InChI=1S/C29H37N3O9S/c1-29(2,11-6-12-30)18-31(42(36,37)23-9-10-26-27(14-23)41-20-40-26)15-25(33)24(13-21-7-4-3-5-8-21)32(28(34)35)22-16-38-19-39-17-22/h3-5,7-10,14,22,24-25,33H,6,11,13,15-20H2,1-2H3,(H,34,35)/t24-,25+/m0/s1. The minimum absolute atomic E-state index is 0.0245. The van der Waals surface area contributed by atoms with Crippen LogP contribution in [-0.2, 0) is 25.9 Å². The van der Waals surface area contributed by atoms with Gasteiger partial charge < -0.3 is 29.2 Å². The van der Waals surface area contributed by atoms with Crippen LogP contribution in [0.4, 0.5) is 4.79 Å². The SMILES string of the molecule is CC(C)(CCC#N)CN(C[C@@H](O)[C@H](Cc1ccccc1)N(C(=O)O)C1COCOC1)S(=O)(=O)c1ccc2c(c1)OCO2. The van der Waals surface area contributed by atoms with Gasteiger partial charge in [0.2, 0.25) is 16.8 Å². The Hall–Kier alpha value is -3.41. The highest BCUT2D eigenvalue weighted by atomic mass is 32.2. The molecule has 2 atom stereocenters. The van der Waals surface area contributed by atoms with Gasteiger partial charge in [0, 0.05) is 25.6 Å². The summed E-state index contributed by atoms with van der Waals surface area (Å²) in [5, 5.41) is 31.2. The van der Waals surface area contributed by atoms with E-state index < -0.39 is 46.3 Å². The van der Waals surface area contributed by atoms with Crippen LogP contribution < -0.4 is 9.47 Å². The second kappa shape index (κ2) is 13.7. The van der Waals surface area contributed by atoms with Gasteiger partial charge in [-0.15, -0.1) is 0 Å². The van der Waals surface area contributed by atoms with Gasteiger partial charge in [-0.2, -0.15) is 9.57 Å². The van der Waals surface area contributed by atoms with E-state index in [1.807, 2.05) is 44.2 Å². The lowest BCUT2D eigenvalue weighted by Crippen LogP contribution is -2.59. The van der Waals surface area contributed by atoms with Crippen LogP contribution in [0.5, 0.6) is 11.5 Å². The van der Waals surface area contributed by atoms with Gasteiger partial charge >= 0.3 is 6.09 Å². The van der Waals surface area contributed by atoms with E-state index in [0.717, 1.165) is 10.5 Å². The molecule has 2 aromatic carbocycles. The van der Waals surface area contributed by atoms with E-state index >= 15 is 0 Å². The summed E-state index contributed by atoms with van der Waals surface area (Å²) < 4.78 is 50.8. The van der Waals surface area contributed by atoms with Gasteiger partial charge in [-0.1, -0.05) is 44.2 Å². The van der Waals surface area contributed by atoms with Crippen LogP contribution in [-0.4, -0.2) is 92.0 Å². The zero-order chi connectivity index (χ0) is 30.3. The number of fused-ring (bicyclic) bond motifs is 1. The number of aliphatic hydroxyl groups excluding tert-OH is 1. The third-order valence-electron chi connectivity index (χ3n) is 7.38. The average Bonchev–Trinajstić information content (AvgIpc) is 3.44. The lowest BCUT2D eigenvalue weighted by atomic mass is 9.88. The summed E-state index contributed by atoms with van der Waals surface area (Å²) >= 11 is 0. The summed E-state index contributed by atoms with van der Waals surface area (Å²) in [6, 6.07) is 13.8. The molecule has 42 heavy (non-hydrogen) atoms. The van der Waals surface area contributed by atoms with Crippen molar-refractivity contribution in [2.75, 3.05) is 39.9 Å². The molecule has 2 aliphatic heterocycles. The molecule has 228 valence electrons. The number of sulfonamides is 1. The first-order chi connectivity index (χ1) is 20.0. The van der Waals surface area contributed by atoms with Crippen molar-refractivity contribution in [2.45, 2.75) is 56.2 Å². The van der Waals surface area contributed by atoms with Crippen molar-refractivity contribution >= 4 is 16.1 Å². The highest BCUT2D eigenvalue weighted by molar-refractivity contribution is 7.89. The van der Waals surface area contributed by atoms with Crippen LogP contribution in [0.1, 0.15) is 32.3 Å². The Morgan fingerprint density at radius 1 is 1.10 bits per heavy atom. The van der Waals surface area contributed by atoms with Crippen LogP contribution in [0, 0.1) is 16.7 Å². The zero-order valence-electron chi connectivity index (χ0n) is 23.7. The van der Waals surface area contributed by atoms with Crippen LogP contribution >= 0.6 is 0 Å². The Kier molecular flexibility index (Phi) is 10.3. The minimum atomic E-state index is -4.21. The molecule has 4 rings (SSSR count). The van der Waals surface area contributed by atoms with Crippen molar-refractivity contribution in [2.24, 2.45) is 5.41 Å². The predicted octanol–water partition coefficient (Wildman–Crippen LogP) is 3.06. The molecule has 0 aromatic heterocycles. The molecule has 0 radical (unpaired) electrons. The van der Waals surface area contributed by atoms with Gasteiger partial charge in [0.15, 0.2) is 11.5 Å². The molecular weight excluding hydrogens is 566 g/mol. The maximum atomic E-state index is 14.1. The van der Waals surface area contributed by atoms with Crippen LogP contribution in [0.15, 0.2) is 53.4 Å². The Labute approximate surface area is 246 Å². The molecule has 0 unspecified atom stereocenters. The molecule has 0 aliphatic carbocycles. The number of nitriles is 1. The molecule has 1 saturated heterocycles. The Bertz CT molecular complexity index is 1360. The third-order valence-corrected chi connectivity index (χ3v) is 9.19. The summed E-state index contributed by atoms with van der Waals surface area (Å²) in [5.74, 6) is 0.712. The van der Waals surface area contributed by atoms with Crippen molar-refractivity contribution in [3.05, 3.63) is 54.1 Å². The van der Waals surface area contributed by atoms with Crippen molar-refractivity contribution in [1.29, 1.82) is 5.26 Å². The van der Waals surface area contributed by atoms with Crippen molar-refractivity contribution in [1.82, 2.24) is 9.21 Å². The van der Waals surface area contributed by atoms with Crippen molar-refractivity contribution < 1.29 is 42.4 Å². The maximum absolute atomic E-state index is 14.1. The molecular formula is C29H37N3O9S. The van der Waals surface area contributed by atoms with E-state index in [4.69, 9.17) is 24.2 Å². The van der Waals surface area contributed by atoms with E-state index in [1.165, 1.54) is 22.5 Å². The molecule has 2 heterocycles. The number of carbonyl (C=O) groups is 1. The summed E-state index contributed by atoms with van der Waals surface area (Å²) in [5.41, 5.74) is 0.135. The number of carboxylic acid groups (broad SMARTS) is 1. The normalized spacial score (nSPS) is 17.0. The lowest BCUT2D eigenvalue weighted by molar-refractivity contribution is -0.140. The molecule has 2 N–H and O–H groups in total. The molecule has 2 aliphatic rings. The van der Waals surface area contributed by atoms with E-state index in [0.29, 0.717) is 12.2 Å². The summed E-state index contributed by atoms with van der Waals surface area (Å²) in [6.45, 7) is 3.43. The van der Waals surface area contributed by atoms with Gasteiger partial charge in [-0.3, -0.25) is 4.90 Å². The number of ether oxygens (including phenoxy) is 4. The van der Waals surface area contributed by atoms with Crippen LogP contribution in [0.25, 0.3) is 0 Å². The highest BCUT2D eigenvalue weighted by Gasteiger charge is 2.40. The van der Waals surface area contributed by atoms with E-state index in [1.54, 1.807) is 0 Å². The minimum Gasteiger partial charge on any atom is -0.465 e. The van der Waals surface area contributed by atoms with Gasteiger partial charge in [0.05, 0.1) is 42.4 Å². The largest absolute Gasteiger partial charge is 0.465 e. The molecule has 2 aromatic rings. The summed E-state index contributed by atoms with van der Waals surface area (Å²) in [6.07, 6.45) is -1.95. The fraction of sp³-hybridized carbons (Fsp3) is 0.517. The first kappa shape index (κ1) is 31.5. The number of benzene rings is 2. The number of hydrogen-bond acceptors (Lipinski definition) is 9. The van der Waals surface area contributed by atoms with Gasteiger partial charge in [-0.05, 0) is 36.0 Å². The molecule has 0 spiro atoms. The second-order valence-corrected chi connectivity index (χ2v) is 13.1. The number of hydrogen-bond donors (Lipinski definition) is 2. The molecule has 12 nitrogen and oxygen atoms in total. The topological polar surface area (TPSA) is 159 Å². The summed E-state index contributed by atoms with van der Waals surface area (Å²) in [7, 11) is -4.21. The number of aliphatic hydroxyl groups is 1. The Morgan fingerprint density at radius 2 is 1.79 bits per heavy atom. The maximum Gasteiger partial charge on any atom is 0.408 e. The third kappa shape index (κ3) is 7.70. The first-order valence-corrected chi connectivity index (χ1v) is 15.1. The van der Waals surface area contributed by atoms with Gasteiger partial charge in [-0.25, -0.2) is 13.2 Å².